The fourth-order valence-corrected chi connectivity index (χ4v) is 3.92. The summed E-state index contributed by atoms with van der Waals surface area (Å²) in [7, 11) is 1.68. The highest BCUT2D eigenvalue weighted by molar-refractivity contribution is 7.13. The predicted octanol–water partition coefficient (Wildman–Crippen LogP) is 4.20. The number of hydrogen-bond acceptors (Lipinski definition) is 6. The minimum Gasteiger partial charge on any atom is -0.447 e. The van der Waals surface area contributed by atoms with Crippen LogP contribution in [0.2, 0.25) is 0 Å². The summed E-state index contributed by atoms with van der Waals surface area (Å²) in [5, 5.41) is 6.31. The fourth-order valence-electron chi connectivity index (χ4n) is 3.22. The van der Waals surface area contributed by atoms with Crippen LogP contribution in [-0.2, 0) is 16.1 Å². The summed E-state index contributed by atoms with van der Waals surface area (Å²) in [6.07, 6.45) is -0.968. The van der Waals surface area contributed by atoms with E-state index in [2.05, 4.69) is 10.1 Å². The van der Waals surface area contributed by atoms with Crippen LogP contribution >= 0.6 is 11.3 Å². The molecule has 0 spiro atoms. The summed E-state index contributed by atoms with van der Waals surface area (Å²) in [6, 6.07) is 22.9. The zero-order valence-corrected chi connectivity index (χ0v) is 18.5. The molecular formula is C24H22N4O3S. The normalized spacial score (nSPS) is 11.7. The van der Waals surface area contributed by atoms with Crippen molar-refractivity contribution in [2.75, 3.05) is 7.05 Å². The Morgan fingerprint density at radius 3 is 2.38 bits per heavy atom. The third-order valence-electron chi connectivity index (χ3n) is 4.80. The molecule has 0 saturated carbocycles. The van der Waals surface area contributed by atoms with E-state index >= 15 is 0 Å². The Bertz CT molecular complexity index is 1190. The third kappa shape index (κ3) is 4.76. The third-order valence-corrected chi connectivity index (χ3v) is 5.67. The van der Waals surface area contributed by atoms with Crippen molar-refractivity contribution in [3.05, 3.63) is 89.6 Å². The van der Waals surface area contributed by atoms with Gasteiger partial charge in [-0.25, -0.2) is 9.48 Å². The second-order valence-corrected chi connectivity index (χ2v) is 8.16. The number of carbonyl (C=O) groups is 2. The number of para-hydroxylation sites is 1. The standard InChI is InChI=1S/C24H22N4O3S/c1-17(23(29)27(2)16-18-10-5-3-6-11-18)31-24(30)21-25-22(20-14-9-15-32-20)28(26-21)19-12-7-4-8-13-19/h3-15,17H,16H2,1-2H3. The van der Waals surface area contributed by atoms with E-state index in [0.29, 0.717) is 12.4 Å². The molecule has 2 aromatic carbocycles. The molecule has 0 aliphatic rings. The van der Waals surface area contributed by atoms with Crippen molar-refractivity contribution < 1.29 is 14.3 Å². The van der Waals surface area contributed by atoms with Crippen molar-refractivity contribution >= 4 is 23.2 Å². The Labute approximate surface area is 189 Å². The molecule has 4 aromatic rings. The van der Waals surface area contributed by atoms with Gasteiger partial charge in [0.2, 0.25) is 0 Å². The number of hydrogen-bond donors (Lipinski definition) is 0. The number of likely N-dealkylation sites (N-methyl/N-ethyl adjacent to an activating group) is 1. The minimum absolute atomic E-state index is 0.0948. The highest BCUT2D eigenvalue weighted by Crippen LogP contribution is 2.25. The zero-order valence-electron chi connectivity index (χ0n) is 17.7. The van der Waals surface area contributed by atoms with Gasteiger partial charge in [-0.2, -0.15) is 4.98 Å². The average molecular weight is 447 g/mol. The van der Waals surface area contributed by atoms with E-state index in [0.717, 1.165) is 16.1 Å². The molecule has 1 amide bonds. The predicted molar refractivity (Wildman–Crippen MR) is 122 cm³/mol. The monoisotopic (exact) mass is 446 g/mol. The lowest BCUT2D eigenvalue weighted by molar-refractivity contribution is -0.139. The van der Waals surface area contributed by atoms with Gasteiger partial charge in [-0.05, 0) is 36.1 Å². The maximum Gasteiger partial charge on any atom is 0.379 e. The molecular weight excluding hydrogens is 424 g/mol. The van der Waals surface area contributed by atoms with E-state index in [1.54, 1.807) is 18.7 Å². The summed E-state index contributed by atoms with van der Waals surface area (Å²) in [5.41, 5.74) is 1.76. The number of amides is 1. The summed E-state index contributed by atoms with van der Waals surface area (Å²) < 4.78 is 7.02. The van der Waals surface area contributed by atoms with Gasteiger partial charge in [0, 0.05) is 13.6 Å². The zero-order chi connectivity index (χ0) is 22.5. The summed E-state index contributed by atoms with van der Waals surface area (Å²) >= 11 is 1.50. The molecule has 1 atom stereocenters. The van der Waals surface area contributed by atoms with Crippen LogP contribution in [0.4, 0.5) is 0 Å². The molecule has 8 heteroatoms. The van der Waals surface area contributed by atoms with Gasteiger partial charge in [0.05, 0.1) is 10.6 Å². The highest BCUT2D eigenvalue weighted by atomic mass is 32.1. The second kappa shape index (κ2) is 9.57. The van der Waals surface area contributed by atoms with E-state index in [4.69, 9.17) is 4.74 Å². The number of carbonyl (C=O) groups excluding carboxylic acids is 2. The summed E-state index contributed by atoms with van der Waals surface area (Å²) in [5.74, 6) is -0.601. The van der Waals surface area contributed by atoms with Crippen LogP contribution in [0.15, 0.2) is 78.2 Å². The molecule has 0 N–H and O–H groups in total. The number of benzene rings is 2. The quantitative estimate of drug-likeness (QED) is 0.398. The molecule has 4 rings (SSSR count). The molecule has 0 bridgehead atoms. The van der Waals surface area contributed by atoms with Gasteiger partial charge in [-0.15, -0.1) is 16.4 Å². The molecule has 0 radical (unpaired) electrons. The lowest BCUT2D eigenvalue weighted by atomic mass is 10.2. The molecule has 0 aliphatic heterocycles. The van der Waals surface area contributed by atoms with E-state index < -0.39 is 12.1 Å². The molecule has 0 saturated heterocycles. The van der Waals surface area contributed by atoms with Gasteiger partial charge in [-0.3, -0.25) is 4.79 Å². The van der Waals surface area contributed by atoms with Crippen molar-refractivity contribution in [1.82, 2.24) is 19.7 Å². The first-order valence-corrected chi connectivity index (χ1v) is 11.0. The first kappa shape index (κ1) is 21.5. The molecule has 2 heterocycles. The van der Waals surface area contributed by atoms with Crippen LogP contribution in [0.1, 0.15) is 23.1 Å². The molecule has 1 unspecified atom stereocenters. The summed E-state index contributed by atoms with van der Waals surface area (Å²) in [6.45, 7) is 1.97. The fraction of sp³-hybridized carbons (Fsp3) is 0.167. The van der Waals surface area contributed by atoms with Crippen LogP contribution < -0.4 is 0 Å². The first-order chi connectivity index (χ1) is 15.5. The number of esters is 1. The van der Waals surface area contributed by atoms with E-state index in [-0.39, 0.29) is 11.7 Å². The molecule has 0 aliphatic carbocycles. The Kier molecular flexibility index (Phi) is 6.42. The Hall–Kier alpha value is -3.78. The summed E-state index contributed by atoms with van der Waals surface area (Å²) in [4.78, 5) is 32.3. The van der Waals surface area contributed by atoms with Crippen molar-refractivity contribution in [1.29, 1.82) is 0 Å². The molecule has 7 nitrogen and oxygen atoms in total. The SMILES string of the molecule is CC(OC(=O)c1nc(-c2cccs2)n(-c2ccccc2)n1)C(=O)N(C)Cc1ccccc1. The van der Waals surface area contributed by atoms with Crippen molar-refractivity contribution in [3.63, 3.8) is 0 Å². The van der Waals surface area contributed by atoms with Gasteiger partial charge < -0.3 is 9.64 Å². The lowest BCUT2D eigenvalue weighted by Crippen LogP contribution is -2.37. The molecule has 162 valence electrons. The number of thiophene rings is 1. The van der Waals surface area contributed by atoms with Crippen LogP contribution in [-0.4, -0.2) is 44.7 Å². The van der Waals surface area contributed by atoms with Gasteiger partial charge >= 0.3 is 5.97 Å². The Morgan fingerprint density at radius 1 is 1.03 bits per heavy atom. The van der Waals surface area contributed by atoms with Crippen LogP contribution in [0.3, 0.4) is 0 Å². The average Bonchev–Trinajstić information content (AvgIpc) is 3.50. The van der Waals surface area contributed by atoms with Crippen LogP contribution in [0, 0.1) is 0 Å². The number of ether oxygens (including phenoxy) is 1. The van der Waals surface area contributed by atoms with Crippen LogP contribution in [0.5, 0.6) is 0 Å². The highest BCUT2D eigenvalue weighted by Gasteiger charge is 2.26. The minimum atomic E-state index is -0.968. The Morgan fingerprint density at radius 2 is 1.72 bits per heavy atom. The van der Waals surface area contributed by atoms with Crippen molar-refractivity contribution in [3.8, 4) is 16.4 Å². The van der Waals surface area contributed by atoms with Crippen molar-refractivity contribution in [2.45, 2.75) is 19.6 Å². The number of rotatable bonds is 7. The van der Waals surface area contributed by atoms with E-state index in [9.17, 15) is 9.59 Å². The van der Waals surface area contributed by atoms with Crippen LogP contribution in [0.25, 0.3) is 16.4 Å². The maximum atomic E-state index is 12.8. The van der Waals surface area contributed by atoms with E-state index in [1.807, 2.05) is 78.2 Å². The van der Waals surface area contributed by atoms with Gasteiger partial charge in [-0.1, -0.05) is 54.6 Å². The lowest BCUT2D eigenvalue weighted by Gasteiger charge is -2.21. The topological polar surface area (TPSA) is 77.3 Å². The molecule has 32 heavy (non-hydrogen) atoms. The second-order valence-electron chi connectivity index (χ2n) is 7.21. The van der Waals surface area contributed by atoms with Crippen molar-refractivity contribution in [2.24, 2.45) is 0 Å². The first-order valence-electron chi connectivity index (χ1n) is 10.1. The number of aromatic nitrogens is 3. The smallest absolute Gasteiger partial charge is 0.379 e. The number of nitrogens with zero attached hydrogens (tertiary/aromatic N) is 4. The maximum absolute atomic E-state index is 12.8. The van der Waals surface area contributed by atoms with Gasteiger partial charge in [0.1, 0.15) is 0 Å². The van der Waals surface area contributed by atoms with E-state index in [1.165, 1.54) is 16.2 Å². The molecule has 2 aromatic heterocycles. The van der Waals surface area contributed by atoms with Gasteiger partial charge in [0.15, 0.2) is 11.9 Å². The largest absolute Gasteiger partial charge is 0.447 e. The van der Waals surface area contributed by atoms with Gasteiger partial charge in [0.25, 0.3) is 11.7 Å². The Balaban J connectivity index is 1.51. The molecule has 0 fully saturated rings.